The molecule has 2 rings (SSSR count). The van der Waals surface area contributed by atoms with Crippen LogP contribution >= 0.6 is 0 Å². The zero-order valence-corrected chi connectivity index (χ0v) is 8.77. The number of nitrogens with two attached hydrogens (primary N) is 1. The van der Waals surface area contributed by atoms with E-state index >= 15 is 0 Å². The molecular weight excluding hydrogens is 206 g/mol. The Bertz CT molecular complexity index is 398. The summed E-state index contributed by atoms with van der Waals surface area (Å²) >= 11 is 0. The maximum Gasteiger partial charge on any atom is 0.246 e. The van der Waals surface area contributed by atoms with Gasteiger partial charge in [-0.05, 0) is 17.7 Å². The van der Waals surface area contributed by atoms with Gasteiger partial charge in [0.15, 0.2) is 0 Å². The second-order valence-electron chi connectivity index (χ2n) is 3.70. The van der Waals surface area contributed by atoms with Crippen molar-refractivity contribution in [1.29, 1.82) is 0 Å². The molecule has 3 N–H and O–H groups in total. The highest BCUT2D eigenvalue weighted by atomic mass is 16.2. The van der Waals surface area contributed by atoms with Crippen molar-refractivity contribution in [2.75, 3.05) is 18.0 Å². The van der Waals surface area contributed by atoms with Gasteiger partial charge >= 0.3 is 0 Å². The van der Waals surface area contributed by atoms with Crippen LogP contribution in [0.1, 0.15) is 5.56 Å². The second kappa shape index (κ2) is 4.32. The summed E-state index contributed by atoms with van der Waals surface area (Å²) in [7, 11) is 0. The first-order valence-corrected chi connectivity index (χ1v) is 5.05. The van der Waals surface area contributed by atoms with Crippen molar-refractivity contribution < 1.29 is 9.59 Å². The summed E-state index contributed by atoms with van der Waals surface area (Å²) in [5.41, 5.74) is 7.38. The van der Waals surface area contributed by atoms with E-state index in [0.29, 0.717) is 6.54 Å². The average Bonchev–Trinajstić information content (AvgIpc) is 2.28. The standard InChI is InChI=1S/C11H13N3O2/c12-5-8-1-3-9(4-2-8)14-6-10(15)13-11(16)7-14/h1-4H,5-7,12H2,(H,13,15,16). The van der Waals surface area contributed by atoms with Gasteiger partial charge < -0.3 is 10.6 Å². The molecule has 1 fully saturated rings. The van der Waals surface area contributed by atoms with Gasteiger partial charge in [-0.1, -0.05) is 12.1 Å². The number of carbonyl (C=O) groups excluding carboxylic acids is 2. The highest BCUT2D eigenvalue weighted by Gasteiger charge is 2.22. The number of amides is 2. The summed E-state index contributed by atoms with van der Waals surface area (Å²) in [5, 5.41) is 2.26. The topological polar surface area (TPSA) is 75.4 Å². The maximum atomic E-state index is 11.2. The molecule has 0 unspecified atom stereocenters. The minimum absolute atomic E-state index is 0.216. The maximum absolute atomic E-state index is 11.2. The fourth-order valence-electron chi connectivity index (χ4n) is 1.66. The Morgan fingerprint density at radius 2 is 1.69 bits per heavy atom. The molecule has 0 radical (unpaired) electrons. The van der Waals surface area contributed by atoms with E-state index in [1.165, 1.54) is 0 Å². The number of hydrogen-bond acceptors (Lipinski definition) is 4. The molecule has 0 spiro atoms. The van der Waals surface area contributed by atoms with Crippen LogP contribution in [0.25, 0.3) is 0 Å². The number of carbonyl (C=O) groups is 2. The number of nitrogens with one attached hydrogen (secondary N) is 1. The smallest absolute Gasteiger partial charge is 0.246 e. The van der Waals surface area contributed by atoms with Crippen molar-refractivity contribution >= 4 is 17.5 Å². The molecule has 0 aromatic heterocycles. The van der Waals surface area contributed by atoms with Gasteiger partial charge in [-0.2, -0.15) is 0 Å². The molecule has 1 aromatic carbocycles. The molecule has 0 aliphatic carbocycles. The van der Waals surface area contributed by atoms with Crippen LogP contribution in [-0.2, 0) is 16.1 Å². The SMILES string of the molecule is NCc1ccc(N2CC(=O)NC(=O)C2)cc1. The van der Waals surface area contributed by atoms with Gasteiger partial charge in [-0.15, -0.1) is 0 Å². The lowest BCUT2D eigenvalue weighted by Gasteiger charge is -2.27. The summed E-state index contributed by atoms with van der Waals surface area (Å²) in [6, 6.07) is 7.53. The molecule has 0 saturated carbocycles. The quantitative estimate of drug-likeness (QED) is 0.664. The normalized spacial score (nSPS) is 16.2. The molecule has 1 saturated heterocycles. The summed E-state index contributed by atoms with van der Waals surface area (Å²) in [4.78, 5) is 24.1. The van der Waals surface area contributed by atoms with Crippen LogP contribution in [0.2, 0.25) is 0 Å². The Balaban J connectivity index is 2.16. The van der Waals surface area contributed by atoms with Gasteiger partial charge in [-0.3, -0.25) is 14.9 Å². The van der Waals surface area contributed by atoms with Gasteiger partial charge in [0.05, 0.1) is 13.1 Å². The predicted molar refractivity (Wildman–Crippen MR) is 59.7 cm³/mol. The van der Waals surface area contributed by atoms with Gasteiger partial charge in [-0.25, -0.2) is 0 Å². The van der Waals surface area contributed by atoms with Crippen molar-refractivity contribution in [3.8, 4) is 0 Å². The van der Waals surface area contributed by atoms with Crippen LogP contribution in [0.5, 0.6) is 0 Å². The Kier molecular flexibility index (Phi) is 2.87. The lowest BCUT2D eigenvalue weighted by atomic mass is 10.2. The number of imide groups is 1. The summed E-state index contributed by atoms with van der Waals surface area (Å²) < 4.78 is 0. The van der Waals surface area contributed by atoms with E-state index in [-0.39, 0.29) is 24.9 Å². The molecule has 1 heterocycles. The molecule has 1 aliphatic rings. The third kappa shape index (κ3) is 2.20. The van der Waals surface area contributed by atoms with Crippen LogP contribution in [0.15, 0.2) is 24.3 Å². The third-order valence-electron chi connectivity index (χ3n) is 2.48. The first-order valence-electron chi connectivity index (χ1n) is 5.05. The first-order chi connectivity index (χ1) is 7.69. The van der Waals surface area contributed by atoms with Gasteiger partial charge in [0.2, 0.25) is 11.8 Å². The highest BCUT2D eigenvalue weighted by Crippen LogP contribution is 2.15. The number of benzene rings is 1. The van der Waals surface area contributed by atoms with Gasteiger partial charge in [0.1, 0.15) is 0 Å². The molecule has 16 heavy (non-hydrogen) atoms. The Hall–Kier alpha value is -1.88. The van der Waals surface area contributed by atoms with Crippen molar-refractivity contribution in [2.24, 2.45) is 5.73 Å². The van der Waals surface area contributed by atoms with Crippen molar-refractivity contribution in [3.05, 3.63) is 29.8 Å². The minimum atomic E-state index is -0.265. The van der Waals surface area contributed by atoms with Crippen LogP contribution in [0.3, 0.4) is 0 Å². The predicted octanol–water partition coefficient (Wildman–Crippen LogP) is -0.392. The van der Waals surface area contributed by atoms with E-state index in [1.807, 2.05) is 24.3 Å². The highest BCUT2D eigenvalue weighted by molar-refractivity contribution is 6.02. The summed E-state index contributed by atoms with van der Waals surface area (Å²) in [6.45, 7) is 0.918. The fourth-order valence-corrected chi connectivity index (χ4v) is 1.66. The van der Waals surface area contributed by atoms with Crippen molar-refractivity contribution in [1.82, 2.24) is 5.32 Å². The Morgan fingerprint density at radius 1 is 1.12 bits per heavy atom. The third-order valence-corrected chi connectivity index (χ3v) is 2.48. The largest absolute Gasteiger partial charge is 0.353 e. The van der Waals surface area contributed by atoms with E-state index in [1.54, 1.807) is 4.90 Å². The van der Waals surface area contributed by atoms with Crippen LogP contribution < -0.4 is 16.0 Å². The van der Waals surface area contributed by atoms with Crippen LogP contribution in [0.4, 0.5) is 5.69 Å². The molecule has 5 heteroatoms. The molecule has 84 valence electrons. The zero-order valence-electron chi connectivity index (χ0n) is 8.77. The minimum Gasteiger partial charge on any atom is -0.353 e. The summed E-state index contributed by atoms with van der Waals surface area (Å²) in [6.07, 6.45) is 0. The lowest BCUT2D eigenvalue weighted by Crippen LogP contribution is -2.51. The molecule has 0 bridgehead atoms. The molecule has 2 amide bonds. The van der Waals surface area contributed by atoms with E-state index in [9.17, 15) is 9.59 Å². The van der Waals surface area contributed by atoms with Crippen molar-refractivity contribution in [3.63, 3.8) is 0 Å². The number of hydrogen-bond donors (Lipinski definition) is 2. The average molecular weight is 219 g/mol. The van der Waals surface area contributed by atoms with E-state index < -0.39 is 0 Å². The lowest BCUT2D eigenvalue weighted by molar-refractivity contribution is -0.130. The molecule has 1 aliphatic heterocycles. The van der Waals surface area contributed by atoms with E-state index in [4.69, 9.17) is 5.73 Å². The number of piperazine rings is 1. The zero-order chi connectivity index (χ0) is 11.5. The molecule has 1 aromatic rings. The first kappa shape index (κ1) is 10.6. The van der Waals surface area contributed by atoms with Crippen LogP contribution in [0, 0.1) is 0 Å². The van der Waals surface area contributed by atoms with Gasteiger partial charge in [0, 0.05) is 12.2 Å². The number of nitrogens with zero attached hydrogens (tertiary/aromatic N) is 1. The Morgan fingerprint density at radius 3 is 2.19 bits per heavy atom. The van der Waals surface area contributed by atoms with Crippen molar-refractivity contribution in [2.45, 2.75) is 6.54 Å². The number of anilines is 1. The number of rotatable bonds is 2. The van der Waals surface area contributed by atoms with Crippen LogP contribution in [-0.4, -0.2) is 24.9 Å². The van der Waals surface area contributed by atoms with E-state index in [0.717, 1.165) is 11.3 Å². The summed E-state index contributed by atoms with van der Waals surface area (Å²) in [5.74, 6) is -0.529. The monoisotopic (exact) mass is 219 g/mol. The molecule has 5 nitrogen and oxygen atoms in total. The molecular formula is C11H13N3O2. The second-order valence-corrected chi connectivity index (χ2v) is 3.70. The van der Waals surface area contributed by atoms with Gasteiger partial charge in [0.25, 0.3) is 0 Å². The molecule has 0 atom stereocenters. The Labute approximate surface area is 93.2 Å². The van der Waals surface area contributed by atoms with E-state index in [2.05, 4.69) is 5.32 Å². The fraction of sp³-hybridized carbons (Fsp3) is 0.273.